The predicted octanol–water partition coefficient (Wildman–Crippen LogP) is 1.81. The van der Waals surface area contributed by atoms with Gasteiger partial charge in [0.15, 0.2) is 0 Å². The smallest absolute Gasteiger partial charge is 0.319 e. The van der Waals surface area contributed by atoms with E-state index in [4.69, 9.17) is 5.11 Å². The quantitative estimate of drug-likeness (QED) is 0.561. The van der Waals surface area contributed by atoms with E-state index in [0.29, 0.717) is 16.8 Å². The highest BCUT2D eigenvalue weighted by Gasteiger charge is 2.15. The van der Waals surface area contributed by atoms with E-state index in [1.54, 1.807) is 19.9 Å². The highest BCUT2D eigenvalue weighted by atomic mass is 16.6. The second-order valence-electron chi connectivity index (χ2n) is 4.24. The Bertz CT molecular complexity index is 556. The zero-order valence-corrected chi connectivity index (χ0v) is 11.1. The third kappa shape index (κ3) is 4.23. The molecular weight excluding hydrogens is 266 g/mol. The van der Waals surface area contributed by atoms with Crippen LogP contribution >= 0.6 is 0 Å². The molecule has 20 heavy (non-hydrogen) atoms. The molecule has 2 amide bonds. The molecule has 0 unspecified atom stereocenters. The van der Waals surface area contributed by atoms with Gasteiger partial charge < -0.3 is 15.7 Å². The van der Waals surface area contributed by atoms with E-state index in [-0.39, 0.29) is 18.7 Å². The fraction of sp³-hybridized carbons (Fsp3) is 0.333. The van der Waals surface area contributed by atoms with Crippen molar-refractivity contribution in [3.05, 3.63) is 33.4 Å². The number of urea groups is 1. The number of carboxylic acid groups (broad SMARTS) is 1. The first-order valence-corrected chi connectivity index (χ1v) is 5.83. The molecule has 0 saturated carbocycles. The minimum atomic E-state index is -1.02. The molecule has 0 aliphatic heterocycles. The van der Waals surface area contributed by atoms with Crippen LogP contribution in [0.1, 0.15) is 17.5 Å². The molecule has 0 fully saturated rings. The zero-order valence-electron chi connectivity index (χ0n) is 11.1. The molecule has 0 aliphatic carbocycles. The molecule has 1 aromatic rings. The van der Waals surface area contributed by atoms with Crippen molar-refractivity contribution in [1.82, 2.24) is 5.32 Å². The van der Waals surface area contributed by atoms with Crippen LogP contribution in [0.4, 0.5) is 16.2 Å². The number of nitro groups is 1. The predicted molar refractivity (Wildman–Crippen MR) is 71.8 cm³/mol. The summed E-state index contributed by atoms with van der Waals surface area (Å²) in [6, 6.07) is 2.28. The number of hydrogen-bond donors (Lipinski definition) is 3. The molecule has 0 atom stereocenters. The molecule has 0 saturated heterocycles. The Hall–Kier alpha value is -2.64. The van der Waals surface area contributed by atoms with Crippen LogP contribution in [0, 0.1) is 24.0 Å². The number of carboxylic acids is 1. The number of carbonyl (C=O) groups is 2. The number of hydrogen-bond acceptors (Lipinski definition) is 4. The Balaban J connectivity index is 2.76. The highest BCUT2D eigenvalue weighted by molar-refractivity contribution is 5.90. The number of benzene rings is 1. The van der Waals surface area contributed by atoms with Crippen LogP contribution in [-0.2, 0) is 4.79 Å². The van der Waals surface area contributed by atoms with Crippen molar-refractivity contribution in [2.24, 2.45) is 0 Å². The summed E-state index contributed by atoms with van der Waals surface area (Å²) < 4.78 is 0. The van der Waals surface area contributed by atoms with Gasteiger partial charge in [-0.1, -0.05) is 0 Å². The fourth-order valence-electron chi connectivity index (χ4n) is 1.62. The van der Waals surface area contributed by atoms with E-state index in [9.17, 15) is 19.7 Å². The maximum atomic E-state index is 11.5. The van der Waals surface area contributed by atoms with Crippen LogP contribution in [0.15, 0.2) is 12.1 Å². The number of rotatable bonds is 5. The van der Waals surface area contributed by atoms with Crippen LogP contribution in [0.3, 0.4) is 0 Å². The van der Waals surface area contributed by atoms with Crippen LogP contribution < -0.4 is 10.6 Å². The largest absolute Gasteiger partial charge is 0.481 e. The van der Waals surface area contributed by atoms with Crippen molar-refractivity contribution in [3.8, 4) is 0 Å². The Labute approximate surface area is 114 Å². The molecule has 8 nitrogen and oxygen atoms in total. The third-order valence-corrected chi connectivity index (χ3v) is 2.61. The zero-order chi connectivity index (χ0) is 15.3. The highest BCUT2D eigenvalue weighted by Crippen LogP contribution is 2.26. The summed E-state index contributed by atoms with van der Waals surface area (Å²) in [5.74, 6) is -1.02. The minimum Gasteiger partial charge on any atom is -0.481 e. The Morgan fingerprint density at radius 1 is 1.30 bits per heavy atom. The number of nitrogens with one attached hydrogen (secondary N) is 2. The van der Waals surface area contributed by atoms with Crippen molar-refractivity contribution in [3.63, 3.8) is 0 Å². The molecule has 108 valence electrons. The second kappa shape index (κ2) is 6.50. The van der Waals surface area contributed by atoms with Gasteiger partial charge in [0.05, 0.1) is 17.0 Å². The SMILES string of the molecule is Cc1cc(C)c([N+](=O)[O-])cc1NC(=O)NCCC(=O)O. The van der Waals surface area contributed by atoms with E-state index < -0.39 is 16.9 Å². The summed E-state index contributed by atoms with van der Waals surface area (Å²) in [6.07, 6.45) is -0.194. The molecule has 0 heterocycles. The van der Waals surface area contributed by atoms with Crippen molar-refractivity contribution in [2.45, 2.75) is 20.3 Å². The number of anilines is 1. The molecule has 1 aromatic carbocycles. The Morgan fingerprint density at radius 2 is 1.95 bits per heavy atom. The summed E-state index contributed by atoms with van der Waals surface area (Å²) in [5, 5.41) is 24.1. The minimum absolute atomic E-state index is 0.0197. The van der Waals surface area contributed by atoms with Crippen LogP contribution in [-0.4, -0.2) is 28.6 Å². The van der Waals surface area contributed by atoms with Crippen molar-refractivity contribution in [1.29, 1.82) is 0 Å². The first-order valence-electron chi connectivity index (χ1n) is 5.83. The maximum Gasteiger partial charge on any atom is 0.319 e. The summed E-state index contributed by atoms with van der Waals surface area (Å²) in [7, 11) is 0. The van der Waals surface area contributed by atoms with Gasteiger partial charge in [0.1, 0.15) is 0 Å². The van der Waals surface area contributed by atoms with E-state index >= 15 is 0 Å². The lowest BCUT2D eigenvalue weighted by Gasteiger charge is -2.10. The van der Waals surface area contributed by atoms with Crippen LogP contribution in [0.2, 0.25) is 0 Å². The van der Waals surface area contributed by atoms with Gasteiger partial charge in [-0.15, -0.1) is 0 Å². The van der Waals surface area contributed by atoms with Gasteiger partial charge in [-0.3, -0.25) is 14.9 Å². The maximum absolute atomic E-state index is 11.5. The molecule has 1 rings (SSSR count). The lowest BCUT2D eigenvalue weighted by atomic mass is 10.1. The third-order valence-electron chi connectivity index (χ3n) is 2.61. The average Bonchev–Trinajstić information content (AvgIpc) is 2.31. The van der Waals surface area contributed by atoms with Crippen LogP contribution in [0.5, 0.6) is 0 Å². The lowest BCUT2D eigenvalue weighted by Crippen LogP contribution is -2.30. The van der Waals surface area contributed by atoms with Gasteiger partial charge >= 0.3 is 12.0 Å². The average molecular weight is 281 g/mol. The second-order valence-corrected chi connectivity index (χ2v) is 4.24. The first kappa shape index (κ1) is 15.4. The molecule has 0 aromatic heterocycles. The monoisotopic (exact) mass is 281 g/mol. The lowest BCUT2D eigenvalue weighted by molar-refractivity contribution is -0.385. The number of aliphatic carboxylic acids is 1. The van der Waals surface area contributed by atoms with E-state index in [0.717, 1.165) is 0 Å². The number of amides is 2. The Morgan fingerprint density at radius 3 is 2.50 bits per heavy atom. The van der Waals surface area contributed by atoms with Gasteiger partial charge in [-0.2, -0.15) is 0 Å². The van der Waals surface area contributed by atoms with Gasteiger partial charge in [-0.05, 0) is 25.5 Å². The van der Waals surface area contributed by atoms with Gasteiger partial charge in [0.25, 0.3) is 5.69 Å². The molecule has 0 aliphatic rings. The van der Waals surface area contributed by atoms with Crippen LogP contribution in [0.25, 0.3) is 0 Å². The van der Waals surface area contributed by atoms with E-state index in [1.807, 2.05) is 0 Å². The van der Waals surface area contributed by atoms with Gasteiger partial charge in [-0.25, -0.2) is 4.79 Å². The van der Waals surface area contributed by atoms with Crippen molar-refractivity contribution in [2.75, 3.05) is 11.9 Å². The summed E-state index contributed by atoms with van der Waals surface area (Å²) >= 11 is 0. The molecule has 0 spiro atoms. The van der Waals surface area contributed by atoms with E-state index in [1.165, 1.54) is 6.07 Å². The Kier molecular flexibility index (Phi) is 5.01. The number of carbonyl (C=O) groups excluding carboxylic acids is 1. The number of nitrogens with zero attached hydrogens (tertiary/aromatic N) is 1. The van der Waals surface area contributed by atoms with Crippen molar-refractivity contribution >= 4 is 23.4 Å². The standard InChI is InChI=1S/C12H15N3O5/c1-7-5-8(2)10(15(19)20)6-9(7)14-12(18)13-4-3-11(16)17/h5-6H,3-4H2,1-2H3,(H,16,17)(H2,13,14,18). The number of nitro benzene ring substituents is 1. The van der Waals surface area contributed by atoms with Crippen molar-refractivity contribution < 1.29 is 19.6 Å². The summed E-state index contributed by atoms with van der Waals surface area (Å²) in [4.78, 5) is 32.1. The molecule has 3 N–H and O–H groups in total. The molecular formula is C12H15N3O5. The molecule has 0 bridgehead atoms. The first-order chi connectivity index (χ1) is 9.31. The topological polar surface area (TPSA) is 122 Å². The summed E-state index contributed by atoms with van der Waals surface area (Å²) in [5.41, 5.74) is 1.41. The van der Waals surface area contributed by atoms with E-state index in [2.05, 4.69) is 10.6 Å². The summed E-state index contributed by atoms with van der Waals surface area (Å²) in [6.45, 7) is 3.31. The molecule has 0 radical (unpaired) electrons. The van der Waals surface area contributed by atoms with Gasteiger partial charge in [0, 0.05) is 18.2 Å². The molecule has 8 heteroatoms. The van der Waals surface area contributed by atoms with Gasteiger partial charge in [0.2, 0.25) is 0 Å². The fourth-order valence-corrected chi connectivity index (χ4v) is 1.62. The number of aryl methyl sites for hydroxylation is 2. The normalized spacial score (nSPS) is 9.90.